The lowest BCUT2D eigenvalue weighted by Crippen LogP contribution is -2.37. The van der Waals surface area contributed by atoms with Gasteiger partial charge in [0.25, 0.3) is 0 Å². The lowest BCUT2D eigenvalue weighted by Gasteiger charge is -2.29. The van der Waals surface area contributed by atoms with Gasteiger partial charge in [0.15, 0.2) is 0 Å². The Bertz CT molecular complexity index is 661. The summed E-state index contributed by atoms with van der Waals surface area (Å²) in [6.07, 6.45) is 4.81. The average Bonchev–Trinajstić information content (AvgIpc) is 3.09. The maximum atomic E-state index is 12.0. The van der Waals surface area contributed by atoms with E-state index in [0.29, 0.717) is 6.54 Å². The van der Waals surface area contributed by atoms with Crippen molar-refractivity contribution in [1.82, 2.24) is 5.32 Å². The molecule has 0 unspecified atom stereocenters. The smallest absolute Gasteiger partial charge is 0.223 e. The van der Waals surface area contributed by atoms with Crippen LogP contribution < -0.4 is 10.2 Å². The monoisotopic (exact) mass is 296 g/mol. The molecule has 4 nitrogen and oxygen atoms in total. The highest BCUT2D eigenvalue weighted by Gasteiger charge is 2.32. The Morgan fingerprint density at radius 3 is 2.91 bits per heavy atom. The van der Waals surface area contributed by atoms with Gasteiger partial charge in [-0.15, -0.1) is 0 Å². The molecule has 2 aliphatic rings. The summed E-state index contributed by atoms with van der Waals surface area (Å²) in [6, 6.07) is 12.4. The van der Waals surface area contributed by atoms with Gasteiger partial charge in [0.2, 0.25) is 5.91 Å². The number of carbonyl (C=O) groups excluding carboxylic acids is 1. The first-order chi connectivity index (χ1) is 10.8. The Hall–Kier alpha value is -2.23. The van der Waals surface area contributed by atoms with Crippen LogP contribution in [0.15, 0.2) is 47.1 Å². The van der Waals surface area contributed by atoms with E-state index in [0.717, 1.165) is 31.6 Å². The van der Waals surface area contributed by atoms with E-state index < -0.39 is 0 Å². The second-order valence-corrected chi connectivity index (χ2v) is 6.12. The van der Waals surface area contributed by atoms with Gasteiger partial charge in [-0.2, -0.15) is 0 Å². The summed E-state index contributed by atoms with van der Waals surface area (Å²) in [6.45, 7) is 1.56. The van der Waals surface area contributed by atoms with Crippen molar-refractivity contribution in [2.24, 2.45) is 5.92 Å². The molecule has 4 heteroatoms. The summed E-state index contributed by atoms with van der Waals surface area (Å²) in [5.41, 5.74) is 2.62. The van der Waals surface area contributed by atoms with Crippen LogP contribution in [0.2, 0.25) is 0 Å². The molecule has 114 valence electrons. The van der Waals surface area contributed by atoms with Gasteiger partial charge < -0.3 is 14.6 Å². The number of nitrogens with zero attached hydrogens (tertiary/aromatic N) is 1. The molecule has 0 radical (unpaired) electrons. The molecule has 4 rings (SSSR count). The predicted octanol–water partition coefficient (Wildman–Crippen LogP) is 2.91. The quantitative estimate of drug-likeness (QED) is 0.922. The number of furan rings is 1. The first kappa shape index (κ1) is 13.4. The fraction of sp³-hybridized carbons (Fsp3) is 0.389. The van der Waals surface area contributed by atoms with E-state index in [1.54, 1.807) is 6.26 Å². The fourth-order valence-corrected chi connectivity index (χ4v) is 3.22. The number of hydrogen-bond donors (Lipinski definition) is 1. The van der Waals surface area contributed by atoms with Crippen molar-refractivity contribution in [1.29, 1.82) is 0 Å². The molecule has 2 aromatic rings. The van der Waals surface area contributed by atoms with Crippen LogP contribution in [-0.2, 0) is 11.2 Å². The standard InChI is InChI=1S/C18H20N2O2/c21-18(14-7-8-14)19-12-16(17-6-3-11-22-17)20-10-9-13-4-1-2-5-15(13)20/h1-6,11,14,16H,7-10,12H2,(H,19,21)/t16-/m0/s1. The van der Waals surface area contributed by atoms with E-state index in [9.17, 15) is 4.79 Å². The van der Waals surface area contributed by atoms with Gasteiger partial charge in [-0.05, 0) is 43.0 Å². The van der Waals surface area contributed by atoms with Crippen LogP contribution in [-0.4, -0.2) is 19.0 Å². The van der Waals surface area contributed by atoms with Crippen molar-refractivity contribution < 1.29 is 9.21 Å². The summed E-state index contributed by atoms with van der Waals surface area (Å²) < 4.78 is 5.64. The second kappa shape index (κ2) is 5.52. The minimum absolute atomic E-state index is 0.0568. The summed E-state index contributed by atoms with van der Waals surface area (Å²) >= 11 is 0. The molecule has 1 fully saturated rings. The number of nitrogens with one attached hydrogen (secondary N) is 1. The molecule has 0 saturated heterocycles. The van der Waals surface area contributed by atoms with Crippen molar-refractivity contribution in [3.8, 4) is 0 Å². The molecule has 1 saturated carbocycles. The Labute approximate surface area is 130 Å². The molecule has 1 atom stereocenters. The van der Waals surface area contributed by atoms with Crippen molar-refractivity contribution in [2.45, 2.75) is 25.3 Å². The number of benzene rings is 1. The summed E-state index contributed by atoms with van der Waals surface area (Å²) in [5, 5.41) is 3.10. The lowest BCUT2D eigenvalue weighted by molar-refractivity contribution is -0.122. The van der Waals surface area contributed by atoms with E-state index in [-0.39, 0.29) is 17.9 Å². The molecular weight excluding hydrogens is 276 g/mol. The number of carbonyl (C=O) groups is 1. The van der Waals surface area contributed by atoms with Gasteiger partial charge in [0.1, 0.15) is 11.8 Å². The number of anilines is 1. The Morgan fingerprint density at radius 1 is 1.27 bits per heavy atom. The summed E-state index contributed by atoms with van der Waals surface area (Å²) in [7, 11) is 0. The highest BCUT2D eigenvalue weighted by atomic mass is 16.3. The van der Waals surface area contributed by atoms with Crippen molar-refractivity contribution in [3.05, 3.63) is 54.0 Å². The van der Waals surface area contributed by atoms with E-state index in [1.807, 2.05) is 12.1 Å². The number of fused-ring (bicyclic) bond motifs is 1. The van der Waals surface area contributed by atoms with E-state index in [1.165, 1.54) is 11.3 Å². The molecular formula is C18H20N2O2. The van der Waals surface area contributed by atoms with Crippen LogP contribution in [0, 0.1) is 5.92 Å². The highest BCUT2D eigenvalue weighted by molar-refractivity contribution is 5.80. The van der Waals surface area contributed by atoms with Gasteiger partial charge in [0, 0.05) is 24.7 Å². The first-order valence-electron chi connectivity index (χ1n) is 7.98. The van der Waals surface area contributed by atoms with Crippen molar-refractivity contribution in [2.75, 3.05) is 18.0 Å². The van der Waals surface area contributed by atoms with Crippen LogP contribution in [0.4, 0.5) is 5.69 Å². The number of hydrogen-bond acceptors (Lipinski definition) is 3. The number of para-hydroxylation sites is 1. The van der Waals surface area contributed by atoms with Gasteiger partial charge in [-0.3, -0.25) is 4.79 Å². The van der Waals surface area contributed by atoms with Crippen LogP contribution in [0.25, 0.3) is 0 Å². The fourth-order valence-electron chi connectivity index (χ4n) is 3.22. The number of rotatable bonds is 5. The first-order valence-corrected chi connectivity index (χ1v) is 7.98. The molecule has 2 heterocycles. The van der Waals surface area contributed by atoms with Crippen LogP contribution >= 0.6 is 0 Å². The van der Waals surface area contributed by atoms with Crippen LogP contribution in [0.5, 0.6) is 0 Å². The van der Waals surface area contributed by atoms with Gasteiger partial charge in [0.05, 0.1) is 6.26 Å². The third kappa shape index (κ3) is 2.49. The van der Waals surface area contributed by atoms with Gasteiger partial charge >= 0.3 is 0 Å². The number of amides is 1. The maximum absolute atomic E-state index is 12.0. The SMILES string of the molecule is O=C(NC[C@@H](c1ccco1)N1CCc2ccccc21)C1CC1. The van der Waals surface area contributed by atoms with E-state index >= 15 is 0 Å². The van der Waals surface area contributed by atoms with E-state index in [2.05, 4.69) is 34.5 Å². The third-order valence-corrected chi connectivity index (χ3v) is 4.59. The highest BCUT2D eigenvalue weighted by Crippen LogP contribution is 2.35. The molecule has 1 amide bonds. The Kier molecular flexibility index (Phi) is 3.37. The molecule has 1 aliphatic heterocycles. The summed E-state index contributed by atoms with van der Waals surface area (Å²) in [4.78, 5) is 14.3. The predicted molar refractivity (Wildman–Crippen MR) is 84.7 cm³/mol. The van der Waals surface area contributed by atoms with Crippen molar-refractivity contribution >= 4 is 11.6 Å². The zero-order chi connectivity index (χ0) is 14.9. The Balaban J connectivity index is 1.56. The molecule has 1 aliphatic carbocycles. The second-order valence-electron chi connectivity index (χ2n) is 6.12. The molecule has 1 aromatic carbocycles. The molecule has 22 heavy (non-hydrogen) atoms. The molecule has 1 N–H and O–H groups in total. The van der Waals surface area contributed by atoms with Gasteiger partial charge in [-0.25, -0.2) is 0 Å². The molecule has 0 bridgehead atoms. The maximum Gasteiger partial charge on any atom is 0.223 e. The zero-order valence-corrected chi connectivity index (χ0v) is 12.5. The lowest BCUT2D eigenvalue weighted by atomic mass is 10.1. The largest absolute Gasteiger partial charge is 0.467 e. The topological polar surface area (TPSA) is 45.5 Å². The van der Waals surface area contributed by atoms with Gasteiger partial charge in [-0.1, -0.05) is 18.2 Å². The molecule has 0 spiro atoms. The van der Waals surface area contributed by atoms with E-state index in [4.69, 9.17) is 4.42 Å². The minimum Gasteiger partial charge on any atom is -0.467 e. The van der Waals surface area contributed by atoms with Crippen molar-refractivity contribution in [3.63, 3.8) is 0 Å². The minimum atomic E-state index is 0.0568. The summed E-state index contributed by atoms with van der Waals surface area (Å²) in [5.74, 6) is 1.33. The van der Waals surface area contributed by atoms with Crippen LogP contribution in [0.3, 0.4) is 0 Å². The Morgan fingerprint density at radius 2 is 2.14 bits per heavy atom. The normalized spacial score (nSPS) is 18.1. The average molecular weight is 296 g/mol. The zero-order valence-electron chi connectivity index (χ0n) is 12.5. The molecule has 1 aromatic heterocycles. The van der Waals surface area contributed by atoms with Crippen LogP contribution in [0.1, 0.15) is 30.2 Å². The third-order valence-electron chi connectivity index (χ3n) is 4.59.